The number of carboxylic acid groups (broad SMARTS) is 1. The molecule has 0 aliphatic heterocycles. The van der Waals surface area contributed by atoms with E-state index in [0.717, 1.165) is 17.7 Å². The lowest BCUT2D eigenvalue weighted by Crippen LogP contribution is -1.98. The number of hydrogen-bond donors (Lipinski definition) is 1. The molecule has 2 aromatic carbocycles. The molecule has 5 heteroatoms. The molecule has 0 saturated heterocycles. The van der Waals surface area contributed by atoms with Crippen LogP contribution in [0.25, 0.3) is 11.1 Å². The summed E-state index contributed by atoms with van der Waals surface area (Å²) in [6, 6.07) is 6.26. The molecule has 0 fully saturated rings. The highest BCUT2D eigenvalue weighted by Gasteiger charge is 2.14. The number of carboxylic acids is 1. The predicted octanol–water partition coefficient (Wildman–Crippen LogP) is 4.29. The van der Waals surface area contributed by atoms with Crippen molar-refractivity contribution in [2.24, 2.45) is 0 Å². The van der Waals surface area contributed by atoms with Gasteiger partial charge in [0.2, 0.25) is 0 Å². The second kappa shape index (κ2) is 4.97. The average molecular weight is 283 g/mol. The van der Waals surface area contributed by atoms with Crippen LogP contribution in [0, 0.1) is 18.6 Å². The second-order valence-corrected chi connectivity index (χ2v) is 4.49. The molecule has 0 heterocycles. The molecule has 0 aliphatic carbocycles. The highest BCUT2D eigenvalue weighted by molar-refractivity contribution is 6.33. The van der Waals surface area contributed by atoms with Crippen molar-refractivity contribution in [2.45, 2.75) is 6.92 Å². The number of carbonyl (C=O) groups is 1. The van der Waals surface area contributed by atoms with Crippen LogP contribution in [-0.4, -0.2) is 11.1 Å². The molecule has 0 radical (unpaired) electrons. The number of rotatable bonds is 2. The summed E-state index contributed by atoms with van der Waals surface area (Å²) in [6.07, 6.45) is 0. The molecule has 0 spiro atoms. The molecular weight excluding hydrogens is 274 g/mol. The van der Waals surface area contributed by atoms with Gasteiger partial charge < -0.3 is 5.11 Å². The van der Waals surface area contributed by atoms with E-state index in [4.69, 9.17) is 16.7 Å². The Morgan fingerprint density at radius 1 is 1.11 bits per heavy atom. The SMILES string of the molecule is Cc1ccc(C(=O)O)cc1-c1cc(F)c(F)cc1Cl. The standard InChI is InChI=1S/C14H9ClF2O2/c1-7-2-3-8(14(18)19)4-9(7)10-5-12(16)13(17)6-11(10)15/h2-6H,1H3,(H,18,19). The van der Waals surface area contributed by atoms with Crippen molar-refractivity contribution in [3.8, 4) is 11.1 Å². The predicted molar refractivity (Wildman–Crippen MR) is 68.5 cm³/mol. The van der Waals surface area contributed by atoms with Crippen LogP contribution in [0.3, 0.4) is 0 Å². The summed E-state index contributed by atoms with van der Waals surface area (Å²) < 4.78 is 26.3. The largest absolute Gasteiger partial charge is 0.478 e. The van der Waals surface area contributed by atoms with Crippen molar-refractivity contribution in [1.29, 1.82) is 0 Å². The van der Waals surface area contributed by atoms with E-state index in [-0.39, 0.29) is 16.1 Å². The second-order valence-electron chi connectivity index (χ2n) is 4.08. The Bertz CT molecular complexity index is 669. The van der Waals surface area contributed by atoms with E-state index in [2.05, 4.69) is 0 Å². The fourth-order valence-electron chi connectivity index (χ4n) is 1.77. The molecule has 2 aromatic rings. The van der Waals surface area contributed by atoms with E-state index in [1.165, 1.54) is 12.1 Å². The van der Waals surface area contributed by atoms with Gasteiger partial charge >= 0.3 is 5.97 Å². The fraction of sp³-hybridized carbons (Fsp3) is 0.0714. The Kier molecular flexibility index (Phi) is 3.53. The van der Waals surface area contributed by atoms with Gasteiger partial charge in [-0.25, -0.2) is 13.6 Å². The monoisotopic (exact) mass is 282 g/mol. The van der Waals surface area contributed by atoms with E-state index in [0.29, 0.717) is 5.56 Å². The van der Waals surface area contributed by atoms with Gasteiger partial charge in [-0.2, -0.15) is 0 Å². The molecule has 0 amide bonds. The summed E-state index contributed by atoms with van der Waals surface area (Å²) in [6.45, 7) is 1.73. The lowest BCUT2D eigenvalue weighted by Gasteiger charge is -2.10. The molecule has 0 saturated carbocycles. The molecule has 2 nitrogen and oxygen atoms in total. The zero-order valence-corrected chi connectivity index (χ0v) is 10.6. The van der Waals surface area contributed by atoms with E-state index in [1.807, 2.05) is 0 Å². The highest BCUT2D eigenvalue weighted by atomic mass is 35.5. The molecule has 2 rings (SSSR count). The van der Waals surface area contributed by atoms with Crippen molar-refractivity contribution < 1.29 is 18.7 Å². The Hall–Kier alpha value is -1.94. The zero-order chi connectivity index (χ0) is 14.2. The van der Waals surface area contributed by atoms with Gasteiger partial charge in [-0.3, -0.25) is 0 Å². The van der Waals surface area contributed by atoms with Gasteiger partial charge in [0.25, 0.3) is 0 Å². The molecule has 98 valence electrons. The van der Waals surface area contributed by atoms with Crippen molar-refractivity contribution in [1.82, 2.24) is 0 Å². The van der Waals surface area contributed by atoms with Gasteiger partial charge in [0.05, 0.1) is 10.6 Å². The van der Waals surface area contributed by atoms with Crippen molar-refractivity contribution >= 4 is 17.6 Å². The highest BCUT2D eigenvalue weighted by Crippen LogP contribution is 2.32. The number of benzene rings is 2. The van der Waals surface area contributed by atoms with Crippen LogP contribution in [0.2, 0.25) is 5.02 Å². The molecule has 0 aliphatic rings. The number of halogens is 3. The lowest BCUT2D eigenvalue weighted by atomic mass is 9.98. The Morgan fingerprint density at radius 2 is 1.74 bits per heavy atom. The normalized spacial score (nSPS) is 10.5. The molecular formula is C14H9ClF2O2. The minimum atomic E-state index is -1.10. The molecule has 1 N–H and O–H groups in total. The average Bonchev–Trinajstić information content (AvgIpc) is 2.34. The van der Waals surface area contributed by atoms with Crippen LogP contribution in [0.1, 0.15) is 15.9 Å². The fourth-order valence-corrected chi connectivity index (χ4v) is 2.03. The zero-order valence-electron chi connectivity index (χ0n) is 9.88. The van der Waals surface area contributed by atoms with Crippen LogP contribution in [0.4, 0.5) is 8.78 Å². The van der Waals surface area contributed by atoms with Crippen molar-refractivity contribution in [3.63, 3.8) is 0 Å². The third kappa shape index (κ3) is 2.58. The Balaban J connectivity index is 2.67. The third-order valence-electron chi connectivity index (χ3n) is 2.78. The maximum Gasteiger partial charge on any atom is 0.335 e. The van der Waals surface area contributed by atoms with E-state index in [1.54, 1.807) is 13.0 Å². The first kappa shape index (κ1) is 13.5. The molecule has 19 heavy (non-hydrogen) atoms. The molecule has 0 aromatic heterocycles. The van der Waals surface area contributed by atoms with Crippen LogP contribution < -0.4 is 0 Å². The first-order chi connectivity index (χ1) is 8.90. The number of aryl methyl sites for hydroxylation is 1. The first-order valence-corrected chi connectivity index (χ1v) is 5.77. The maximum absolute atomic E-state index is 13.3. The van der Waals surface area contributed by atoms with Gasteiger partial charge in [0.15, 0.2) is 11.6 Å². The Morgan fingerprint density at radius 3 is 2.37 bits per heavy atom. The van der Waals surface area contributed by atoms with Crippen molar-refractivity contribution in [2.75, 3.05) is 0 Å². The minimum absolute atomic E-state index is 0.0320. The van der Waals surface area contributed by atoms with Gasteiger partial charge in [0, 0.05) is 5.56 Å². The summed E-state index contributed by atoms with van der Waals surface area (Å²) in [5, 5.41) is 8.98. The first-order valence-electron chi connectivity index (χ1n) is 5.39. The minimum Gasteiger partial charge on any atom is -0.478 e. The summed E-state index contributed by atoms with van der Waals surface area (Å²) >= 11 is 5.89. The van der Waals surface area contributed by atoms with Gasteiger partial charge in [-0.05, 0) is 42.3 Å². The van der Waals surface area contributed by atoms with Crippen LogP contribution in [0.15, 0.2) is 30.3 Å². The van der Waals surface area contributed by atoms with Crippen LogP contribution >= 0.6 is 11.6 Å². The van der Waals surface area contributed by atoms with Crippen molar-refractivity contribution in [3.05, 3.63) is 58.1 Å². The Labute approximate surface area is 113 Å². The quantitative estimate of drug-likeness (QED) is 0.834. The summed E-state index contributed by atoms with van der Waals surface area (Å²) in [7, 11) is 0. The third-order valence-corrected chi connectivity index (χ3v) is 3.10. The summed E-state index contributed by atoms with van der Waals surface area (Å²) in [5.41, 5.74) is 1.50. The molecule has 0 unspecified atom stereocenters. The van der Waals surface area contributed by atoms with Gasteiger partial charge in [0.1, 0.15) is 0 Å². The van der Waals surface area contributed by atoms with E-state index in [9.17, 15) is 13.6 Å². The smallest absolute Gasteiger partial charge is 0.335 e. The van der Waals surface area contributed by atoms with E-state index >= 15 is 0 Å². The van der Waals surface area contributed by atoms with Gasteiger partial charge in [-0.15, -0.1) is 0 Å². The lowest BCUT2D eigenvalue weighted by molar-refractivity contribution is 0.0697. The van der Waals surface area contributed by atoms with E-state index < -0.39 is 17.6 Å². The maximum atomic E-state index is 13.3. The number of hydrogen-bond acceptors (Lipinski definition) is 1. The summed E-state index contributed by atoms with van der Waals surface area (Å²) in [5.74, 6) is -3.17. The molecule has 0 atom stereocenters. The van der Waals surface area contributed by atoms with Crippen LogP contribution in [0.5, 0.6) is 0 Å². The van der Waals surface area contributed by atoms with Crippen LogP contribution in [-0.2, 0) is 0 Å². The summed E-state index contributed by atoms with van der Waals surface area (Å²) in [4.78, 5) is 10.9. The molecule has 0 bridgehead atoms. The number of aromatic carboxylic acids is 1. The topological polar surface area (TPSA) is 37.3 Å². The van der Waals surface area contributed by atoms with Gasteiger partial charge in [-0.1, -0.05) is 17.7 Å².